The van der Waals surface area contributed by atoms with Gasteiger partial charge >= 0.3 is 0 Å². The number of ether oxygens (including phenoxy) is 1. The number of rotatable bonds is 5. The lowest BCUT2D eigenvalue weighted by Crippen LogP contribution is -2.01. The van der Waals surface area contributed by atoms with Crippen LogP contribution in [0.2, 0.25) is 0 Å². The van der Waals surface area contributed by atoms with E-state index in [2.05, 4.69) is 27.3 Å². The van der Waals surface area contributed by atoms with Crippen molar-refractivity contribution in [3.63, 3.8) is 0 Å². The molecule has 0 saturated carbocycles. The summed E-state index contributed by atoms with van der Waals surface area (Å²) in [5, 5.41) is 12.6. The van der Waals surface area contributed by atoms with Crippen molar-refractivity contribution in [1.82, 2.24) is 0 Å². The molecular formula is C15H16BrNO2. The standard InChI is InChI=1S/C15H16BrNO2/c1-19-15-7-6-13(8-12(15)10-18)17-9-11-4-2-3-5-14(11)16/h2-8,17-18H,9-10H2,1H3. The molecule has 0 atom stereocenters. The number of aliphatic hydroxyl groups is 1. The Morgan fingerprint density at radius 2 is 1.95 bits per heavy atom. The van der Waals surface area contributed by atoms with Crippen LogP contribution in [0.5, 0.6) is 5.75 Å². The minimum absolute atomic E-state index is 0.0340. The molecule has 0 radical (unpaired) electrons. The fraction of sp³-hybridized carbons (Fsp3) is 0.200. The van der Waals surface area contributed by atoms with Gasteiger partial charge in [-0.1, -0.05) is 34.1 Å². The highest BCUT2D eigenvalue weighted by atomic mass is 79.9. The van der Waals surface area contributed by atoms with Crippen molar-refractivity contribution < 1.29 is 9.84 Å². The monoisotopic (exact) mass is 321 g/mol. The largest absolute Gasteiger partial charge is 0.496 e. The third-order valence-corrected chi connectivity index (χ3v) is 3.67. The van der Waals surface area contributed by atoms with E-state index in [1.807, 2.05) is 36.4 Å². The van der Waals surface area contributed by atoms with E-state index in [4.69, 9.17) is 4.74 Å². The molecule has 0 aliphatic rings. The maximum Gasteiger partial charge on any atom is 0.124 e. The molecule has 4 heteroatoms. The SMILES string of the molecule is COc1ccc(NCc2ccccc2Br)cc1CO. The Labute approximate surface area is 121 Å². The van der Waals surface area contributed by atoms with Gasteiger partial charge in [0.15, 0.2) is 0 Å². The second-order valence-corrected chi connectivity index (χ2v) is 4.98. The van der Waals surface area contributed by atoms with E-state index in [0.717, 1.165) is 22.3 Å². The lowest BCUT2D eigenvalue weighted by atomic mass is 10.1. The summed E-state index contributed by atoms with van der Waals surface area (Å²) in [6, 6.07) is 13.8. The zero-order valence-corrected chi connectivity index (χ0v) is 12.3. The zero-order chi connectivity index (χ0) is 13.7. The Morgan fingerprint density at radius 1 is 1.16 bits per heavy atom. The molecule has 3 nitrogen and oxygen atoms in total. The van der Waals surface area contributed by atoms with Crippen LogP contribution in [-0.4, -0.2) is 12.2 Å². The number of hydrogen-bond donors (Lipinski definition) is 2. The summed E-state index contributed by atoms with van der Waals surface area (Å²) in [7, 11) is 1.60. The second kappa shape index (κ2) is 6.59. The summed E-state index contributed by atoms with van der Waals surface area (Å²) in [5.41, 5.74) is 2.92. The molecule has 2 aromatic carbocycles. The van der Waals surface area contributed by atoms with Crippen molar-refractivity contribution in [3.8, 4) is 5.75 Å². The van der Waals surface area contributed by atoms with Crippen LogP contribution in [0.4, 0.5) is 5.69 Å². The predicted octanol–water partition coefficient (Wildman–Crippen LogP) is 3.56. The van der Waals surface area contributed by atoms with Crippen molar-refractivity contribution in [3.05, 3.63) is 58.1 Å². The van der Waals surface area contributed by atoms with E-state index in [9.17, 15) is 5.11 Å². The number of aliphatic hydroxyl groups excluding tert-OH is 1. The lowest BCUT2D eigenvalue weighted by molar-refractivity contribution is 0.274. The number of hydrogen-bond acceptors (Lipinski definition) is 3. The van der Waals surface area contributed by atoms with Crippen molar-refractivity contribution in [2.45, 2.75) is 13.2 Å². The molecule has 0 unspecified atom stereocenters. The molecule has 100 valence electrons. The van der Waals surface area contributed by atoms with E-state index in [1.165, 1.54) is 5.56 Å². The molecule has 0 aliphatic heterocycles. The van der Waals surface area contributed by atoms with Gasteiger partial charge in [0.05, 0.1) is 13.7 Å². The molecule has 0 spiro atoms. The van der Waals surface area contributed by atoms with Gasteiger partial charge in [0.2, 0.25) is 0 Å². The first-order valence-electron chi connectivity index (χ1n) is 5.99. The molecule has 2 aromatic rings. The van der Waals surface area contributed by atoms with Crippen LogP contribution in [0.1, 0.15) is 11.1 Å². The van der Waals surface area contributed by atoms with Crippen molar-refractivity contribution in [2.75, 3.05) is 12.4 Å². The quantitative estimate of drug-likeness (QED) is 0.884. The average Bonchev–Trinajstić information content (AvgIpc) is 2.46. The number of nitrogens with one attached hydrogen (secondary N) is 1. The molecule has 0 aromatic heterocycles. The minimum atomic E-state index is -0.0340. The molecule has 0 heterocycles. The fourth-order valence-corrected chi connectivity index (χ4v) is 2.28. The second-order valence-electron chi connectivity index (χ2n) is 4.13. The zero-order valence-electron chi connectivity index (χ0n) is 10.7. The van der Waals surface area contributed by atoms with Gasteiger partial charge < -0.3 is 15.2 Å². The number of benzene rings is 2. The Hall–Kier alpha value is -1.52. The first kappa shape index (κ1) is 13.9. The van der Waals surface area contributed by atoms with Gasteiger partial charge in [-0.05, 0) is 29.8 Å². The van der Waals surface area contributed by atoms with Crippen LogP contribution in [0.25, 0.3) is 0 Å². The molecule has 2 rings (SSSR count). The van der Waals surface area contributed by atoms with E-state index in [1.54, 1.807) is 7.11 Å². The minimum Gasteiger partial charge on any atom is -0.496 e. The molecule has 19 heavy (non-hydrogen) atoms. The Morgan fingerprint density at radius 3 is 2.63 bits per heavy atom. The highest BCUT2D eigenvalue weighted by molar-refractivity contribution is 9.10. The number of halogens is 1. The van der Waals surface area contributed by atoms with Gasteiger partial charge in [-0.25, -0.2) is 0 Å². The van der Waals surface area contributed by atoms with E-state index >= 15 is 0 Å². The molecule has 0 aliphatic carbocycles. The summed E-state index contributed by atoms with van der Waals surface area (Å²) >= 11 is 3.52. The highest BCUT2D eigenvalue weighted by Gasteiger charge is 2.04. The fourth-order valence-electron chi connectivity index (χ4n) is 1.85. The van der Waals surface area contributed by atoms with Crippen LogP contribution in [0.3, 0.4) is 0 Å². The van der Waals surface area contributed by atoms with Crippen LogP contribution in [-0.2, 0) is 13.2 Å². The van der Waals surface area contributed by atoms with Gasteiger partial charge in [0.25, 0.3) is 0 Å². The molecule has 0 fully saturated rings. The normalized spacial score (nSPS) is 10.3. The lowest BCUT2D eigenvalue weighted by Gasteiger charge is -2.11. The van der Waals surface area contributed by atoms with Gasteiger partial charge in [-0.15, -0.1) is 0 Å². The van der Waals surface area contributed by atoms with Gasteiger partial charge in [-0.3, -0.25) is 0 Å². The summed E-state index contributed by atoms with van der Waals surface area (Å²) in [6.07, 6.45) is 0. The molecule has 2 N–H and O–H groups in total. The van der Waals surface area contributed by atoms with Gasteiger partial charge in [0, 0.05) is 22.3 Å². The highest BCUT2D eigenvalue weighted by Crippen LogP contribution is 2.23. The molecule has 0 amide bonds. The number of anilines is 1. The maximum atomic E-state index is 9.29. The Kier molecular flexibility index (Phi) is 4.82. The van der Waals surface area contributed by atoms with Crippen molar-refractivity contribution in [2.24, 2.45) is 0 Å². The van der Waals surface area contributed by atoms with E-state index in [0.29, 0.717) is 5.75 Å². The summed E-state index contributed by atoms with van der Waals surface area (Å²) in [4.78, 5) is 0. The first-order chi connectivity index (χ1) is 9.24. The predicted molar refractivity (Wildman–Crippen MR) is 80.4 cm³/mol. The van der Waals surface area contributed by atoms with Gasteiger partial charge in [-0.2, -0.15) is 0 Å². The summed E-state index contributed by atoms with van der Waals surface area (Å²) in [5.74, 6) is 0.703. The van der Waals surface area contributed by atoms with Crippen molar-refractivity contribution >= 4 is 21.6 Å². The molecule has 0 bridgehead atoms. The molecule has 0 saturated heterocycles. The third kappa shape index (κ3) is 3.49. The smallest absolute Gasteiger partial charge is 0.124 e. The molecular weight excluding hydrogens is 306 g/mol. The van der Waals surface area contributed by atoms with Crippen LogP contribution < -0.4 is 10.1 Å². The van der Waals surface area contributed by atoms with E-state index < -0.39 is 0 Å². The van der Waals surface area contributed by atoms with Crippen molar-refractivity contribution in [1.29, 1.82) is 0 Å². The maximum absolute atomic E-state index is 9.29. The Balaban J connectivity index is 2.10. The average molecular weight is 322 g/mol. The topological polar surface area (TPSA) is 41.5 Å². The van der Waals surface area contributed by atoms with Crippen LogP contribution >= 0.6 is 15.9 Å². The van der Waals surface area contributed by atoms with E-state index in [-0.39, 0.29) is 6.61 Å². The third-order valence-electron chi connectivity index (χ3n) is 2.89. The van der Waals surface area contributed by atoms with Crippen LogP contribution in [0.15, 0.2) is 46.9 Å². The summed E-state index contributed by atoms with van der Waals surface area (Å²) in [6.45, 7) is 0.687. The summed E-state index contributed by atoms with van der Waals surface area (Å²) < 4.78 is 6.26. The van der Waals surface area contributed by atoms with Gasteiger partial charge in [0.1, 0.15) is 5.75 Å². The van der Waals surface area contributed by atoms with Crippen LogP contribution in [0, 0.1) is 0 Å². The first-order valence-corrected chi connectivity index (χ1v) is 6.79. The Bertz CT molecular complexity index is 558. The number of methoxy groups -OCH3 is 1.